The largest absolute Gasteiger partial charge is 0.398 e. The molecule has 1 aromatic carbocycles. The Labute approximate surface area is 94.6 Å². The summed E-state index contributed by atoms with van der Waals surface area (Å²) in [4.78, 5) is 11.8. The van der Waals surface area contributed by atoms with Crippen LogP contribution >= 0.6 is 11.6 Å². The van der Waals surface area contributed by atoms with Crippen LogP contribution in [0.5, 0.6) is 0 Å². The van der Waals surface area contributed by atoms with Gasteiger partial charge in [0.1, 0.15) is 0 Å². The normalized spacial score (nSPS) is 11.2. The molecule has 0 unspecified atom stereocenters. The van der Waals surface area contributed by atoms with Crippen molar-refractivity contribution in [3.05, 3.63) is 28.8 Å². The van der Waals surface area contributed by atoms with Crippen LogP contribution in [0.2, 0.25) is 5.02 Å². The molecule has 0 aliphatic heterocycles. The molecule has 0 saturated carbocycles. The lowest BCUT2D eigenvalue weighted by molar-refractivity contribution is 0.0920. The number of nitrogen functional groups attached to an aromatic ring is 1. The minimum Gasteiger partial charge on any atom is -0.398 e. The highest BCUT2D eigenvalue weighted by Gasteiger charge is 2.17. The van der Waals surface area contributed by atoms with E-state index in [2.05, 4.69) is 5.32 Å². The van der Waals surface area contributed by atoms with Gasteiger partial charge in [-0.05, 0) is 32.9 Å². The maximum Gasteiger partial charge on any atom is 0.253 e. The number of amides is 1. The number of nitrogens with one attached hydrogen (secondary N) is 1. The van der Waals surface area contributed by atoms with Gasteiger partial charge in [-0.3, -0.25) is 4.79 Å². The molecule has 15 heavy (non-hydrogen) atoms. The molecular weight excluding hydrogens is 212 g/mol. The summed E-state index contributed by atoms with van der Waals surface area (Å²) in [7, 11) is 0. The van der Waals surface area contributed by atoms with Gasteiger partial charge in [0.15, 0.2) is 0 Å². The van der Waals surface area contributed by atoms with Crippen molar-refractivity contribution in [2.24, 2.45) is 0 Å². The third-order valence-electron chi connectivity index (χ3n) is 1.76. The second-order valence-corrected chi connectivity index (χ2v) is 4.79. The quantitative estimate of drug-likeness (QED) is 0.723. The molecule has 0 aliphatic carbocycles. The van der Waals surface area contributed by atoms with Gasteiger partial charge in [0, 0.05) is 5.54 Å². The first kappa shape index (κ1) is 11.9. The van der Waals surface area contributed by atoms with Gasteiger partial charge in [0.05, 0.1) is 16.3 Å². The zero-order valence-corrected chi connectivity index (χ0v) is 9.85. The van der Waals surface area contributed by atoms with E-state index >= 15 is 0 Å². The highest BCUT2D eigenvalue weighted by Crippen LogP contribution is 2.23. The molecule has 0 fully saturated rings. The van der Waals surface area contributed by atoms with Gasteiger partial charge in [-0.1, -0.05) is 17.7 Å². The van der Waals surface area contributed by atoms with Crippen molar-refractivity contribution in [1.82, 2.24) is 5.32 Å². The van der Waals surface area contributed by atoms with E-state index in [1.165, 1.54) is 0 Å². The summed E-state index contributed by atoms with van der Waals surface area (Å²) < 4.78 is 0. The summed E-state index contributed by atoms with van der Waals surface area (Å²) in [6, 6.07) is 5.02. The molecule has 3 nitrogen and oxygen atoms in total. The number of anilines is 1. The molecule has 0 saturated heterocycles. The molecule has 1 rings (SSSR count). The Hall–Kier alpha value is -1.22. The molecule has 0 bridgehead atoms. The Balaban J connectivity index is 2.97. The van der Waals surface area contributed by atoms with E-state index in [9.17, 15) is 4.79 Å². The first-order valence-corrected chi connectivity index (χ1v) is 5.05. The smallest absolute Gasteiger partial charge is 0.253 e. The predicted octanol–water partition coefficient (Wildman–Crippen LogP) is 2.45. The molecular formula is C11H15ClN2O. The summed E-state index contributed by atoms with van der Waals surface area (Å²) in [6.07, 6.45) is 0. The van der Waals surface area contributed by atoms with Crippen molar-refractivity contribution in [1.29, 1.82) is 0 Å². The average molecular weight is 227 g/mol. The van der Waals surface area contributed by atoms with E-state index in [0.717, 1.165) is 0 Å². The second-order valence-electron chi connectivity index (χ2n) is 4.41. The number of carbonyl (C=O) groups is 1. The summed E-state index contributed by atoms with van der Waals surface area (Å²) in [6.45, 7) is 5.72. The van der Waals surface area contributed by atoms with Crippen molar-refractivity contribution in [2.45, 2.75) is 26.3 Å². The maximum atomic E-state index is 11.8. The number of halogens is 1. The van der Waals surface area contributed by atoms with Crippen LogP contribution in [0.1, 0.15) is 31.1 Å². The Kier molecular flexibility index (Phi) is 3.25. The molecule has 0 radical (unpaired) electrons. The number of nitrogens with two attached hydrogens (primary N) is 1. The van der Waals surface area contributed by atoms with Crippen molar-refractivity contribution in [3.63, 3.8) is 0 Å². The first-order valence-electron chi connectivity index (χ1n) is 4.68. The van der Waals surface area contributed by atoms with Crippen LogP contribution in [0.25, 0.3) is 0 Å². The zero-order valence-electron chi connectivity index (χ0n) is 9.10. The van der Waals surface area contributed by atoms with Gasteiger partial charge in [-0.2, -0.15) is 0 Å². The molecule has 1 aromatic rings. The van der Waals surface area contributed by atoms with Crippen LogP contribution in [-0.2, 0) is 0 Å². The fraction of sp³-hybridized carbons (Fsp3) is 0.364. The molecule has 0 heterocycles. The molecule has 0 aromatic heterocycles. The first-order chi connectivity index (χ1) is 6.81. The minimum atomic E-state index is -0.287. The summed E-state index contributed by atoms with van der Waals surface area (Å²) >= 11 is 5.93. The molecule has 82 valence electrons. The van der Waals surface area contributed by atoms with E-state index in [1.54, 1.807) is 18.2 Å². The number of carbonyl (C=O) groups excluding carboxylic acids is 1. The van der Waals surface area contributed by atoms with Gasteiger partial charge < -0.3 is 11.1 Å². The van der Waals surface area contributed by atoms with Gasteiger partial charge in [-0.25, -0.2) is 0 Å². The topological polar surface area (TPSA) is 55.1 Å². The van der Waals surface area contributed by atoms with Crippen molar-refractivity contribution in [2.75, 3.05) is 5.73 Å². The number of hydrogen-bond donors (Lipinski definition) is 2. The SMILES string of the molecule is CC(C)(C)NC(=O)c1cccc(N)c1Cl. The monoisotopic (exact) mass is 226 g/mol. The summed E-state index contributed by atoms with van der Waals surface area (Å²) in [5.74, 6) is -0.209. The number of hydrogen-bond acceptors (Lipinski definition) is 2. The van der Waals surface area contributed by atoms with E-state index in [4.69, 9.17) is 17.3 Å². The summed E-state index contributed by atoms with van der Waals surface area (Å²) in [5.41, 5.74) is 6.15. The molecule has 4 heteroatoms. The zero-order chi connectivity index (χ0) is 11.6. The molecule has 0 spiro atoms. The predicted molar refractivity (Wildman–Crippen MR) is 63.1 cm³/mol. The van der Waals surface area contributed by atoms with Crippen molar-refractivity contribution in [3.8, 4) is 0 Å². The van der Waals surface area contributed by atoms with Gasteiger partial charge in [0.25, 0.3) is 5.91 Å². The van der Waals surface area contributed by atoms with Crippen LogP contribution in [0, 0.1) is 0 Å². The molecule has 0 aliphatic rings. The Morgan fingerprint density at radius 3 is 2.53 bits per heavy atom. The average Bonchev–Trinajstić information content (AvgIpc) is 2.06. The van der Waals surface area contributed by atoms with Gasteiger partial charge in [-0.15, -0.1) is 0 Å². The Bertz CT molecular complexity index is 383. The highest BCUT2D eigenvalue weighted by atomic mass is 35.5. The van der Waals surface area contributed by atoms with Crippen LogP contribution in [0.4, 0.5) is 5.69 Å². The van der Waals surface area contributed by atoms with Gasteiger partial charge >= 0.3 is 0 Å². The standard InChI is InChI=1S/C11H15ClN2O/c1-11(2,3)14-10(15)7-5-4-6-8(13)9(7)12/h4-6H,13H2,1-3H3,(H,14,15). The number of rotatable bonds is 1. The van der Waals surface area contributed by atoms with Crippen LogP contribution in [-0.4, -0.2) is 11.4 Å². The Morgan fingerprint density at radius 1 is 1.40 bits per heavy atom. The fourth-order valence-electron chi connectivity index (χ4n) is 1.13. The van der Waals surface area contributed by atoms with Crippen molar-refractivity contribution >= 4 is 23.2 Å². The maximum absolute atomic E-state index is 11.8. The van der Waals surface area contributed by atoms with E-state index < -0.39 is 0 Å². The number of benzene rings is 1. The Morgan fingerprint density at radius 2 is 2.00 bits per heavy atom. The summed E-state index contributed by atoms with van der Waals surface area (Å²) in [5, 5.41) is 3.13. The molecule has 1 amide bonds. The lowest BCUT2D eigenvalue weighted by Gasteiger charge is -2.21. The van der Waals surface area contributed by atoms with Crippen molar-refractivity contribution < 1.29 is 4.79 Å². The van der Waals surface area contributed by atoms with E-state index in [1.807, 2.05) is 20.8 Å². The fourth-order valence-corrected chi connectivity index (χ4v) is 1.34. The lowest BCUT2D eigenvalue weighted by atomic mass is 10.1. The molecule has 0 atom stereocenters. The minimum absolute atomic E-state index is 0.209. The van der Waals surface area contributed by atoms with Crippen LogP contribution in [0.15, 0.2) is 18.2 Å². The van der Waals surface area contributed by atoms with Crippen LogP contribution in [0.3, 0.4) is 0 Å². The third-order valence-corrected chi connectivity index (χ3v) is 2.18. The van der Waals surface area contributed by atoms with E-state index in [0.29, 0.717) is 16.3 Å². The lowest BCUT2D eigenvalue weighted by Crippen LogP contribution is -2.40. The van der Waals surface area contributed by atoms with E-state index in [-0.39, 0.29) is 11.4 Å². The third kappa shape index (κ3) is 3.13. The molecule has 3 N–H and O–H groups in total. The van der Waals surface area contributed by atoms with Crippen LogP contribution < -0.4 is 11.1 Å². The second kappa shape index (κ2) is 4.11. The highest BCUT2D eigenvalue weighted by molar-refractivity contribution is 6.36. The van der Waals surface area contributed by atoms with Gasteiger partial charge in [0.2, 0.25) is 0 Å².